The molecule has 0 aliphatic carbocycles. The van der Waals surface area contributed by atoms with Crippen LogP contribution in [0.1, 0.15) is 23.6 Å². The number of carboxylic acids is 1. The Morgan fingerprint density at radius 1 is 1.38 bits per heavy atom. The summed E-state index contributed by atoms with van der Waals surface area (Å²) in [6.45, 7) is 1.63. The molecule has 2 aromatic rings. The topological polar surface area (TPSA) is 111 Å². The zero-order valence-corrected chi connectivity index (χ0v) is 14.4. The number of carbonyl (C=O) groups is 1. The first-order valence-electron chi connectivity index (χ1n) is 7.11. The Bertz CT molecular complexity index is 808. The van der Waals surface area contributed by atoms with E-state index in [-0.39, 0.29) is 11.4 Å². The fraction of sp³-hybridized carbons (Fsp3) is 0.333. The molecule has 2 N–H and O–H groups in total. The molecule has 0 bridgehead atoms. The summed E-state index contributed by atoms with van der Waals surface area (Å²) < 4.78 is 34.0. The van der Waals surface area contributed by atoms with Gasteiger partial charge in [-0.15, -0.1) is 0 Å². The Balaban J connectivity index is 2.36. The lowest BCUT2D eigenvalue weighted by Gasteiger charge is -2.18. The molecule has 1 aromatic carbocycles. The molecule has 24 heavy (non-hydrogen) atoms. The molecule has 8 nitrogen and oxygen atoms in total. The van der Waals surface area contributed by atoms with Gasteiger partial charge in [0.25, 0.3) is 10.0 Å². The van der Waals surface area contributed by atoms with Gasteiger partial charge in [0.05, 0.1) is 25.8 Å². The average Bonchev–Trinajstić information content (AvgIpc) is 2.85. The van der Waals surface area contributed by atoms with Gasteiger partial charge < -0.3 is 9.84 Å². The molecule has 1 atom stereocenters. The first-order valence-corrected chi connectivity index (χ1v) is 8.59. The third-order valence-electron chi connectivity index (χ3n) is 3.50. The van der Waals surface area contributed by atoms with E-state index in [1.807, 2.05) is 0 Å². The highest BCUT2D eigenvalue weighted by atomic mass is 32.2. The number of hydrogen-bond acceptors (Lipinski definition) is 5. The first-order chi connectivity index (χ1) is 11.2. The van der Waals surface area contributed by atoms with E-state index in [0.29, 0.717) is 16.9 Å². The number of aliphatic carboxylic acids is 1. The maximum absolute atomic E-state index is 12.6. The van der Waals surface area contributed by atoms with Crippen LogP contribution in [-0.4, -0.2) is 36.4 Å². The number of methoxy groups -OCH3 is 1. The number of carboxylic acid groups (broad SMARTS) is 1. The molecule has 0 fully saturated rings. The van der Waals surface area contributed by atoms with Crippen molar-refractivity contribution in [3.8, 4) is 5.75 Å². The molecule has 0 aliphatic heterocycles. The highest BCUT2D eigenvalue weighted by molar-refractivity contribution is 7.89. The van der Waals surface area contributed by atoms with Gasteiger partial charge in [-0.3, -0.25) is 9.48 Å². The number of nitrogens with zero attached hydrogens (tertiary/aromatic N) is 2. The van der Waals surface area contributed by atoms with Crippen LogP contribution in [0.2, 0.25) is 0 Å². The van der Waals surface area contributed by atoms with Crippen LogP contribution < -0.4 is 9.46 Å². The SMILES string of the molecule is COc1ccc(C(CC(=O)O)NS(=O)(=O)c2c(C)cnn2C)cc1. The summed E-state index contributed by atoms with van der Waals surface area (Å²) in [6.07, 6.45) is 1.05. The van der Waals surface area contributed by atoms with Gasteiger partial charge in [-0.1, -0.05) is 12.1 Å². The summed E-state index contributed by atoms with van der Waals surface area (Å²) in [6, 6.07) is 5.64. The Morgan fingerprint density at radius 2 is 2.00 bits per heavy atom. The monoisotopic (exact) mass is 353 g/mol. The largest absolute Gasteiger partial charge is 0.497 e. The smallest absolute Gasteiger partial charge is 0.305 e. The summed E-state index contributed by atoms with van der Waals surface area (Å²) in [5.41, 5.74) is 1.01. The number of hydrogen-bond donors (Lipinski definition) is 2. The minimum absolute atomic E-state index is 0.00593. The van der Waals surface area contributed by atoms with Crippen LogP contribution in [0.25, 0.3) is 0 Å². The minimum Gasteiger partial charge on any atom is -0.497 e. The molecule has 0 radical (unpaired) electrons. The van der Waals surface area contributed by atoms with Crippen molar-refractivity contribution in [3.05, 3.63) is 41.6 Å². The first kappa shape index (κ1) is 18.0. The molecule has 0 saturated carbocycles. The highest BCUT2D eigenvalue weighted by Crippen LogP contribution is 2.23. The van der Waals surface area contributed by atoms with Crippen LogP contribution in [0.5, 0.6) is 5.75 Å². The fourth-order valence-corrected chi connectivity index (χ4v) is 3.98. The summed E-state index contributed by atoms with van der Waals surface area (Å²) in [5.74, 6) is -0.515. The molecule has 1 unspecified atom stereocenters. The summed E-state index contributed by atoms with van der Waals surface area (Å²) in [5, 5.41) is 13.0. The average molecular weight is 353 g/mol. The van der Waals surface area contributed by atoms with Gasteiger partial charge in [0, 0.05) is 12.6 Å². The quantitative estimate of drug-likeness (QED) is 0.775. The van der Waals surface area contributed by atoms with Crippen molar-refractivity contribution in [2.24, 2.45) is 7.05 Å². The van der Waals surface area contributed by atoms with E-state index in [1.54, 1.807) is 31.2 Å². The lowest BCUT2D eigenvalue weighted by Crippen LogP contribution is -2.32. The number of nitrogens with one attached hydrogen (secondary N) is 1. The fourth-order valence-electron chi connectivity index (χ4n) is 2.40. The highest BCUT2D eigenvalue weighted by Gasteiger charge is 2.27. The number of aromatic nitrogens is 2. The van der Waals surface area contributed by atoms with Crippen LogP contribution in [0.15, 0.2) is 35.5 Å². The predicted molar refractivity (Wildman–Crippen MR) is 86.3 cm³/mol. The molecule has 1 aromatic heterocycles. The van der Waals surface area contributed by atoms with Crippen LogP contribution in [0.4, 0.5) is 0 Å². The number of benzene rings is 1. The molecule has 2 rings (SSSR count). The van der Waals surface area contributed by atoms with Crippen molar-refractivity contribution >= 4 is 16.0 Å². The predicted octanol–water partition coefficient (Wildman–Crippen LogP) is 1.23. The Hall–Kier alpha value is -2.39. The number of aryl methyl sites for hydroxylation is 2. The normalized spacial score (nSPS) is 12.8. The molecule has 0 spiro atoms. The number of rotatable bonds is 7. The molecule has 0 aliphatic rings. The zero-order chi connectivity index (χ0) is 17.9. The van der Waals surface area contributed by atoms with Crippen molar-refractivity contribution < 1.29 is 23.1 Å². The summed E-state index contributed by atoms with van der Waals surface area (Å²) in [7, 11) is -0.905. The van der Waals surface area contributed by atoms with Crippen molar-refractivity contribution in [2.45, 2.75) is 24.4 Å². The van der Waals surface area contributed by atoms with Gasteiger partial charge in [0.2, 0.25) is 0 Å². The van der Waals surface area contributed by atoms with Gasteiger partial charge in [-0.25, -0.2) is 13.1 Å². The maximum atomic E-state index is 12.6. The van der Waals surface area contributed by atoms with Crippen molar-refractivity contribution in [1.82, 2.24) is 14.5 Å². The van der Waals surface area contributed by atoms with E-state index in [2.05, 4.69) is 9.82 Å². The van der Waals surface area contributed by atoms with E-state index in [1.165, 1.54) is 25.0 Å². The van der Waals surface area contributed by atoms with E-state index >= 15 is 0 Å². The molecule has 0 amide bonds. The van der Waals surface area contributed by atoms with Crippen LogP contribution >= 0.6 is 0 Å². The minimum atomic E-state index is -3.93. The second kappa shape index (κ2) is 7.02. The van der Waals surface area contributed by atoms with Gasteiger partial charge in [0.15, 0.2) is 5.03 Å². The standard InChI is InChI=1S/C15H19N3O5S/c1-10-9-16-18(2)15(10)24(21,22)17-13(8-14(19)20)11-4-6-12(23-3)7-5-11/h4-7,9,13,17H,8H2,1-3H3,(H,19,20). The lowest BCUT2D eigenvalue weighted by molar-refractivity contribution is -0.137. The summed E-state index contributed by atoms with van der Waals surface area (Å²) in [4.78, 5) is 11.1. The van der Waals surface area contributed by atoms with E-state index in [4.69, 9.17) is 9.84 Å². The molecular formula is C15H19N3O5S. The number of sulfonamides is 1. The van der Waals surface area contributed by atoms with E-state index < -0.39 is 22.0 Å². The lowest BCUT2D eigenvalue weighted by atomic mass is 10.0. The third kappa shape index (κ3) is 3.92. The number of ether oxygens (including phenoxy) is 1. The molecule has 0 saturated heterocycles. The van der Waals surface area contributed by atoms with Gasteiger partial charge in [-0.2, -0.15) is 5.10 Å². The summed E-state index contributed by atoms with van der Waals surface area (Å²) >= 11 is 0. The molecule has 9 heteroatoms. The maximum Gasteiger partial charge on any atom is 0.305 e. The van der Waals surface area contributed by atoms with Crippen molar-refractivity contribution in [2.75, 3.05) is 7.11 Å². The molecule has 1 heterocycles. The van der Waals surface area contributed by atoms with Crippen LogP contribution in [0, 0.1) is 6.92 Å². The second-order valence-corrected chi connectivity index (χ2v) is 6.93. The van der Waals surface area contributed by atoms with E-state index in [0.717, 1.165) is 0 Å². The van der Waals surface area contributed by atoms with Crippen molar-refractivity contribution in [1.29, 1.82) is 0 Å². The third-order valence-corrected chi connectivity index (χ3v) is 5.19. The van der Waals surface area contributed by atoms with Gasteiger partial charge in [0.1, 0.15) is 5.75 Å². The Morgan fingerprint density at radius 3 is 2.46 bits per heavy atom. The van der Waals surface area contributed by atoms with Gasteiger partial charge in [-0.05, 0) is 24.6 Å². The van der Waals surface area contributed by atoms with Crippen LogP contribution in [0.3, 0.4) is 0 Å². The van der Waals surface area contributed by atoms with Crippen LogP contribution in [-0.2, 0) is 21.9 Å². The Labute approximate surface area is 140 Å². The molecule has 130 valence electrons. The zero-order valence-electron chi connectivity index (χ0n) is 13.6. The Kier molecular flexibility index (Phi) is 5.25. The van der Waals surface area contributed by atoms with Gasteiger partial charge >= 0.3 is 5.97 Å². The second-order valence-electron chi connectivity index (χ2n) is 5.30. The van der Waals surface area contributed by atoms with Crippen molar-refractivity contribution in [3.63, 3.8) is 0 Å². The molecular weight excluding hydrogens is 334 g/mol. The van der Waals surface area contributed by atoms with E-state index in [9.17, 15) is 13.2 Å².